The third-order valence-electron chi connectivity index (χ3n) is 8.63. The minimum atomic E-state index is -2.62. The Bertz CT molecular complexity index is 1400. The van der Waals surface area contributed by atoms with Crippen LogP contribution < -0.4 is 10.2 Å². The van der Waals surface area contributed by atoms with Crippen LogP contribution in [0.2, 0.25) is 0 Å². The number of nitrogens with one attached hydrogen (secondary N) is 1. The zero-order valence-electron chi connectivity index (χ0n) is 22.5. The molecule has 206 valence electrons. The maximum absolute atomic E-state index is 14.4. The fraction of sp³-hybridized carbons (Fsp3) is 0.467. The molecule has 9 heteroatoms. The highest BCUT2D eigenvalue weighted by atomic mass is 19.3. The number of carbonyl (C=O) groups is 1. The van der Waals surface area contributed by atoms with Crippen LogP contribution in [0.15, 0.2) is 36.7 Å². The van der Waals surface area contributed by atoms with Gasteiger partial charge in [-0.2, -0.15) is 5.10 Å². The number of benzene rings is 2. The summed E-state index contributed by atoms with van der Waals surface area (Å²) in [6, 6.07) is 7.91. The number of hydrogen-bond donors (Lipinski definition) is 2. The van der Waals surface area contributed by atoms with Gasteiger partial charge in [0.05, 0.1) is 18.8 Å². The van der Waals surface area contributed by atoms with E-state index in [1.165, 1.54) is 5.56 Å². The first-order valence-corrected chi connectivity index (χ1v) is 13.8. The molecule has 0 radical (unpaired) electrons. The standard InChI is InChI=1S/C30H35F2N5O2/c1-33-30(39)36-16-21-10-20(18-5-7-23(38)8-6-18)12-28(26(21)17-36)37-9-3-4-19-11-24(22-14-34-35(2)15-22)25(29(31)32)13-27(19)37/h10-15,18,23,29,38H,3-9,16-17H2,1-2H3,(H,33,39). The number of nitrogens with zero attached hydrogens (tertiary/aromatic N) is 4. The van der Waals surface area contributed by atoms with Crippen molar-refractivity contribution in [1.82, 2.24) is 20.0 Å². The molecule has 3 aliphatic rings. The van der Waals surface area contributed by atoms with Crippen LogP contribution in [0.25, 0.3) is 11.1 Å². The van der Waals surface area contributed by atoms with Crippen molar-refractivity contribution in [2.24, 2.45) is 7.05 Å². The largest absolute Gasteiger partial charge is 0.393 e. The molecule has 2 aromatic carbocycles. The number of fused-ring (bicyclic) bond motifs is 2. The Morgan fingerprint density at radius 1 is 1.08 bits per heavy atom. The minimum absolute atomic E-state index is 0.00899. The number of carbonyl (C=O) groups excluding carboxylic acids is 1. The molecule has 3 heterocycles. The van der Waals surface area contributed by atoms with E-state index in [1.54, 1.807) is 42.1 Å². The minimum Gasteiger partial charge on any atom is -0.393 e. The summed E-state index contributed by atoms with van der Waals surface area (Å²) in [5.74, 6) is 0.334. The molecule has 3 aromatic rings. The molecule has 7 nitrogen and oxygen atoms in total. The number of aliphatic hydroxyl groups is 1. The second-order valence-corrected chi connectivity index (χ2v) is 11.1. The van der Waals surface area contributed by atoms with Gasteiger partial charge in [-0.25, -0.2) is 13.6 Å². The van der Waals surface area contributed by atoms with E-state index < -0.39 is 6.43 Å². The number of rotatable bonds is 4. The summed E-state index contributed by atoms with van der Waals surface area (Å²) in [6.07, 6.45) is 5.66. The Labute approximate surface area is 227 Å². The van der Waals surface area contributed by atoms with Crippen molar-refractivity contribution in [3.63, 3.8) is 0 Å². The lowest BCUT2D eigenvalue weighted by Crippen LogP contribution is -2.34. The predicted molar refractivity (Wildman–Crippen MR) is 146 cm³/mol. The maximum atomic E-state index is 14.4. The fourth-order valence-electron chi connectivity index (χ4n) is 6.59. The van der Waals surface area contributed by atoms with E-state index in [-0.39, 0.29) is 17.7 Å². The van der Waals surface area contributed by atoms with Crippen LogP contribution in [0.5, 0.6) is 0 Å². The van der Waals surface area contributed by atoms with Crippen molar-refractivity contribution in [3.8, 4) is 11.1 Å². The molecular formula is C30H35F2N5O2. The second-order valence-electron chi connectivity index (χ2n) is 11.1. The molecule has 0 saturated heterocycles. The molecule has 2 aliphatic heterocycles. The lowest BCUT2D eigenvalue weighted by Gasteiger charge is -2.35. The van der Waals surface area contributed by atoms with E-state index in [9.17, 15) is 18.7 Å². The number of aliphatic hydroxyl groups excluding tert-OH is 1. The summed E-state index contributed by atoms with van der Waals surface area (Å²) >= 11 is 0. The molecule has 0 bridgehead atoms. The van der Waals surface area contributed by atoms with Crippen LogP contribution in [-0.2, 0) is 26.6 Å². The van der Waals surface area contributed by atoms with Crippen molar-refractivity contribution < 1.29 is 18.7 Å². The monoisotopic (exact) mass is 535 g/mol. The van der Waals surface area contributed by atoms with Crippen LogP contribution in [0.3, 0.4) is 0 Å². The summed E-state index contributed by atoms with van der Waals surface area (Å²) in [4.78, 5) is 16.6. The third-order valence-corrected chi connectivity index (χ3v) is 8.63. The quantitative estimate of drug-likeness (QED) is 0.444. The van der Waals surface area contributed by atoms with Crippen molar-refractivity contribution in [2.45, 2.75) is 70.1 Å². The molecule has 1 aliphatic carbocycles. The third kappa shape index (κ3) is 4.77. The number of anilines is 2. The molecule has 0 atom stereocenters. The number of aryl methyl sites for hydroxylation is 2. The zero-order chi connectivity index (χ0) is 27.3. The van der Waals surface area contributed by atoms with Gasteiger partial charge in [-0.1, -0.05) is 6.07 Å². The summed E-state index contributed by atoms with van der Waals surface area (Å²) in [5.41, 5.74) is 7.52. The molecular weight excluding hydrogens is 500 g/mol. The smallest absolute Gasteiger partial charge is 0.317 e. The average molecular weight is 536 g/mol. The van der Waals surface area contributed by atoms with Gasteiger partial charge in [0.15, 0.2) is 0 Å². The molecule has 2 amide bonds. The van der Waals surface area contributed by atoms with Gasteiger partial charge in [0.25, 0.3) is 6.43 Å². The summed E-state index contributed by atoms with van der Waals surface area (Å²) in [5, 5.41) is 17.0. The van der Waals surface area contributed by atoms with Crippen molar-refractivity contribution in [3.05, 3.63) is 64.5 Å². The summed E-state index contributed by atoms with van der Waals surface area (Å²) < 4.78 is 30.5. The Morgan fingerprint density at radius 2 is 1.87 bits per heavy atom. The van der Waals surface area contributed by atoms with E-state index in [0.29, 0.717) is 30.1 Å². The molecule has 1 saturated carbocycles. The first kappa shape index (κ1) is 25.8. The van der Waals surface area contributed by atoms with E-state index in [4.69, 9.17) is 0 Å². The predicted octanol–water partition coefficient (Wildman–Crippen LogP) is 5.78. The molecule has 1 aromatic heterocycles. The summed E-state index contributed by atoms with van der Waals surface area (Å²) in [7, 11) is 3.42. The van der Waals surface area contributed by atoms with E-state index >= 15 is 0 Å². The highest BCUT2D eigenvalue weighted by Crippen LogP contribution is 2.45. The van der Waals surface area contributed by atoms with Gasteiger partial charge in [-0.15, -0.1) is 0 Å². The molecule has 0 spiro atoms. The Hall–Kier alpha value is -3.46. The number of amides is 2. The first-order valence-electron chi connectivity index (χ1n) is 13.8. The number of urea groups is 1. The van der Waals surface area contributed by atoms with Crippen molar-refractivity contribution in [1.29, 1.82) is 0 Å². The Balaban J connectivity index is 1.46. The molecule has 0 unspecified atom stereocenters. The maximum Gasteiger partial charge on any atom is 0.317 e. The molecule has 1 fully saturated rings. The number of halogens is 2. The Morgan fingerprint density at radius 3 is 2.56 bits per heavy atom. The van der Waals surface area contributed by atoms with Gasteiger partial charge >= 0.3 is 6.03 Å². The topological polar surface area (TPSA) is 73.6 Å². The van der Waals surface area contributed by atoms with Crippen LogP contribution in [0.4, 0.5) is 25.0 Å². The van der Waals surface area contributed by atoms with Crippen LogP contribution in [-0.4, -0.2) is 45.5 Å². The number of hydrogen-bond acceptors (Lipinski definition) is 4. The van der Waals surface area contributed by atoms with Crippen LogP contribution in [0, 0.1) is 0 Å². The normalized spacial score (nSPS) is 20.8. The van der Waals surface area contributed by atoms with E-state index in [2.05, 4.69) is 27.4 Å². The molecule has 6 rings (SSSR count). The van der Waals surface area contributed by atoms with Gasteiger partial charge in [-0.3, -0.25) is 4.68 Å². The fourth-order valence-corrected chi connectivity index (χ4v) is 6.59. The summed E-state index contributed by atoms with van der Waals surface area (Å²) in [6.45, 7) is 1.73. The lowest BCUT2D eigenvalue weighted by molar-refractivity contribution is 0.122. The van der Waals surface area contributed by atoms with Gasteiger partial charge < -0.3 is 20.2 Å². The second kappa shape index (κ2) is 10.3. The lowest BCUT2D eigenvalue weighted by atomic mass is 9.81. The SMILES string of the molecule is CNC(=O)N1Cc2cc(C3CCC(O)CC3)cc(N3CCCc4cc(-c5cnn(C)c5)c(C(F)F)cc43)c2C1. The van der Waals surface area contributed by atoms with E-state index in [1.807, 2.05) is 6.07 Å². The van der Waals surface area contributed by atoms with Crippen molar-refractivity contribution in [2.75, 3.05) is 18.5 Å². The molecule has 2 N–H and O–H groups in total. The highest BCUT2D eigenvalue weighted by Gasteiger charge is 2.32. The van der Waals surface area contributed by atoms with E-state index in [0.717, 1.165) is 73.1 Å². The molecule has 39 heavy (non-hydrogen) atoms. The van der Waals surface area contributed by atoms with Gasteiger partial charge in [-0.05, 0) is 84.9 Å². The van der Waals surface area contributed by atoms with Crippen LogP contribution >= 0.6 is 0 Å². The van der Waals surface area contributed by atoms with Crippen molar-refractivity contribution >= 4 is 17.4 Å². The van der Waals surface area contributed by atoms with Gasteiger partial charge in [0.1, 0.15) is 0 Å². The van der Waals surface area contributed by atoms with Gasteiger partial charge in [0.2, 0.25) is 0 Å². The zero-order valence-corrected chi connectivity index (χ0v) is 22.5. The number of aromatic nitrogens is 2. The number of alkyl halides is 2. The Kier molecular flexibility index (Phi) is 6.79. The highest BCUT2D eigenvalue weighted by molar-refractivity contribution is 5.80. The first-order chi connectivity index (χ1) is 18.8. The average Bonchev–Trinajstić information content (AvgIpc) is 3.57. The van der Waals surface area contributed by atoms with Crippen LogP contribution in [0.1, 0.15) is 72.3 Å². The van der Waals surface area contributed by atoms with Gasteiger partial charge in [0, 0.05) is 61.4 Å².